The van der Waals surface area contributed by atoms with Crippen LogP contribution in [0.3, 0.4) is 0 Å². The number of rotatable bonds is 26. The number of hydrogen-bond acceptors (Lipinski definition) is 13. The Kier molecular flexibility index (Phi) is 28.1. The van der Waals surface area contributed by atoms with Crippen molar-refractivity contribution >= 4 is 35.2 Å². The quantitative estimate of drug-likeness (QED) is 0.0203. The van der Waals surface area contributed by atoms with E-state index in [1.807, 2.05) is 5.92 Å². The molecule has 18 nitrogen and oxygen atoms in total. The monoisotopic (exact) mass is 926 g/mol. The zero-order valence-corrected chi connectivity index (χ0v) is 36.8. The average Bonchev–Trinajstić information content (AvgIpc) is 3.19. The summed E-state index contributed by atoms with van der Waals surface area (Å²) in [6.07, 6.45) is 3.91. The molecule has 0 bridgehead atoms. The summed E-state index contributed by atoms with van der Waals surface area (Å²) in [5.74, 6) is 25.7. The smallest absolute Gasteiger partial charge is 0.456 e. The highest BCUT2D eigenvalue weighted by Gasteiger charge is 2.55. The van der Waals surface area contributed by atoms with Crippen LogP contribution in [0.1, 0.15) is 96.8 Å². The Labute approximate surface area is 362 Å². The van der Waals surface area contributed by atoms with E-state index < -0.39 is 97.1 Å². The third-order valence-electron chi connectivity index (χ3n) is 8.65. The van der Waals surface area contributed by atoms with Crippen LogP contribution in [0, 0.1) is 89.3 Å². The van der Waals surface area contributed by atoms with Crippen LogP contribution in [0.2, 0.25) is 0 Å². The van der Waals surface area contributed by atoms with E-state index in [1.54, 1.807) is 0 Å². The van der Waals surface area contributed by atoms with Crippen molar-refractivity contribution in [3.05, 3.63) is 0 Å². The summed E-state index contributed by atoms with van der Waals surface area (Å²) in [5, 5.41) is 31.9. The van der Waals surface area contributed by atoms with Gasteiger partial charge in [0.15, 0.2) is 6.10 Å². The molecule has 340 valence electrons. The van der Waals surface area contributed by atoms with Gasteiger partial charge >= 0.3 is 35.2 Å². The van der Waals surface area contributed by atoms with Crippen LogP contribution in [-0.2, 0) is 46.3 Å². The van der Waals surface area contributed by atoms with Gasteiger partial charge in [-0.05, 0) is 77.5 Å². The number of aliphatic hydroxyl groups is 3. The minimum Gasteiger partial charge on any atom is -0.456 e. The molecule has 21 heteroatoms. The first-order valence-electron chi connectivity index (χ1n) is 19.6. The Bertz CT molecular complexity index is 2020. The fourth-order valence-electron chi connectivity index (χ4n) is 5.81. The molecule has 62 heavy (non-hydrogen) atoms. The maximum absolute atomic E-state index is 13.0. The molecule has 0 spiro atoms. The lowest BCUT2D eigenvalue weighted by atomic mass is 9.79. The Morgan fingerprint density at radius 2 is 1.10 bits per heavy atom. The summed E-state index contributed by atoms with van der Waals surface area (Å²) in [6, 6.07) is 0. The van der Waals surface area contributed by atoms with E-state index in [-0.39, 0.29) is 6.42 Å². The highest BCUT2D eigenvalue weighted by Crippen LogP contribution is 2.51. The lowest BCUT2D eigenvalue weighted by Crippen LogP contribution is -2.62. The first-order valence-corrected chi connectivity index (χ1v) is 24.4. The molecule has 1 rings (SSSR count). The minimum atomic E-state index is -5.55. The molecule has 0 aliphatic heterocycles. The fraction of sp³-hybridized carbons (Fsp3) is 0.610. The Hall–Kier alpha value is -3.89. The predicted molar refractivity (Wildman–Crippen MR) is 223 cm³/mol. The van der Waals surface area contributed by atoms with Crippen molar-refractivity contribution in [3.8, 4) is 83.4 Å². The van der Waals surface area contributed by atoms with E-state index in [2.05, 4.69) is 82.5 Å². The minimum absolute atomic E-state index is 0.0716. The molecular weight excluding hydrogens is 873 g/mol. The Balaban J connectivity index is 2.96. The van der Waals surface area contributed by atoms with E-state index in [4.69, 9.17) is 24.9 Å². The Morgan fingerprint density at radius 1 is 0.613 bits per heavy atom. The second-order valence-electron chi connectivity index (χ2n) is 13.7. The van der Waals surface area contributed by atoms with Gasteiger partial charge in [0.05, 0.1) is 18.9 Å². The number of aliphatic hydroxyl groups excluding tert-OH is 3. The van der Waals surface area contributed by atoms with Crippen LogP contribution in [0.15, 0.2) is 0 Å². The summed E-state index contributed by atoms with van der Waals surface area (Å²) in [4.78, 5) is 73.0. The molecular formula is C41H53O18P3. The van der Waals surface area contributed by atoms with Crippen LogP contribution < -0.4 is 0 Å². The van der Waals surface area contributed by atoms with E-state index in [9.17, 15) is 63.1 Å². The molecule has 1 aliphatic carbocycles. The van der Waals surface area contributed by atoms with Crippen molar-refractivity contribution in [2.75, 3.05) is 19.4 Å². The standard InChI is InChI=1S/C41H53O18P3/c1-3-5-7-9-11-13-15-17-19-21-23-25-27-29-36(43)57-33(30-55-35(42)28-26-24-22-20-18-16-14-12-10-8-6-4-2)31-56-62(53,54)59-41-38(45)37(44)34(32-60(47,48)49)40(39(41)46)58-61(50,51)52/h2,33-34,37-41,44-46H,3,5,7,9,11,13,15,17,19,21,23,25,27,29-32H2,1H3,(H,53,54)(H2,47,48,49)(H2,50,51,52)/t33-,34-,37?,38-,39?,40+,41?/m0/s1. The molecule has 1 fully saturated rings. The van der Waals surface area contributed by atoms with E-state index in [1.165, 1.54) is 44.9 Å². The number of hydrogen-bond donors (Lipinski definition) is 8. The van der Waals surface area contributed by atoms with Gasteiger partial charge in [-0.15, -0.1) is 6.42 Å². The lowest BCUT2D eigenvalue weighted by Gasteiger charge is -2.45. The van der Waals surface area contributed by atoms with Gasteiger partial charge in [-0.3, -0.25) is 22.9 Å². The lowest BCUT2D eigenvalue weighted by molar-refractivity contribution is -0.193. The Morgan fingerprint density at radius 3 is 1.58 bits per heavy atom. The highest BCUT2D eigenvalue weighted by molar-refractivity contribution is 7.51. The molecule has 8 N–H and O–H groups in total. The van der Waals surface area contributed by atoms with Crippen LogP contribution in [0.4, 0.5) is 0 Å². The normalized spacial score (nSPS) is 20.6. The van der Waals surface area contributed by atoms with Gasteiger partial charge in [-0.1, -0.05) is 84.0 Å². The summed E-state index contributed by atoms with van der Waals surface area (Å²) >= 11 is 0. The van der Waals surface area contributed by atoms with Crippen LogP contribution in [0.5, 0.6) is 0 Å². The van der Waals surface area contributed by atoms with E-state index >= 15 is 0 Å². The zero-order valence-electron chi connectivity index (χ0n) is 34.1. The summed E-state index contributed by atoms with van der Waals surface area (Å²) in [5.41, 5.74) is 0. The van der Waals surface area contributed by atoms with Gasteiger partial charge in [0.2, 0.25) is 0 Å². The van der Waals surface area contributed by atoms with Gasteiger partial charge in [0.1, 0.15) is 31.0 Å². The molecule has 0 saturated heterocycles. The van der Waals surface area contributed by atoms with Gasteiger partial charge < -0.3 is 49.3 Å². The van der Waals surface area contributed by atoms with E-state index in [0.717, 1.165) is 25.7 Å². The number of carbonyl (C=O) groups is 2. The molecule has 0 heterocycles. The molecule has 0 aromatic carbocycles. The second-order valence-corrected chi connectivity index (χ2v) is 18.0. The van der Waals surface area contributed by atoms with Gasteiger partial charge in [-0.2, -0.15) is 0 Å². The molecule has 1 saturated carbocycles. The number of phosphoric ester groups is 2. The number of ether oxygens (including phenoxy) is 2. The van der Waals surface area contributed by atoms with Crippen molar-refractivity contribution in [2.24, 2.45) is 5.92 Å². The molecule has 0 aromatic rings. The van der Waals surface area contributed by atoms with Crippen LogP contribution in [-0.4, -0.2) is 108 Å². The molecule has 0 radical (unpaired) electrons. The van der Waals surface area contributed by atoms with Crippen molar-refractivity contribution in [2.45, 2.75) is 133 Å². The number of esters is 2. The van der Waals surface area contributed by atoms with Gasteiger partial charge in [0, 0.05) is 18.3 Å². The second kappa shape index (κ2) is 31.0. The predicted octanol–water partition coefficient (Wildman–Crippen LogP) is 2.45. The molecule has 1 aliphatic rings. The van der Waals surface area contributed by atoms with Gasteiger partial charge in [-0.25, -0.2) is 13.9 Å². The first kappa shape index (κ1) is 56.1. The zero-order chi connectivity index (χ0) is 46.4. The third-order valence-corrected chi connectivity index (χ3v) is 11.1. The van der Waals surface area contributed by atoms with Crippen molar-refractivity contribution in [1.29, 1.82) is 0 Å². The molecule has 0 amide bonds. The summed E-state index contributed by atoms with van der Waals surface area (Å²) in [6.45, 7) is 0.397. The van der Waals surface area contributed by atoms with Crippen molar-refractivity contribution in [3.63, 3.8) is 0 Å². The maximum Gasteiger partial charge on any atom is 0.472 e. The maximum atomic E-state index is 13.0. The topological polar surface area (TPSA) is 293 Å². The van der Waals surface area contributed by atoms with Crippen LogP contribution in [0.25, 0.3) is 0 Å². The van der Waals surface area contributed by atoms with Crippen molar-refractivity contribution < 1.29 is 86.1 Å². The number of phosphoric acid groups is 2. The fourth-order valence-corrected chi connectivity index (χ4v) is 8.35. The van der Waals surface area contributed by atoms with E-state index in [0.29, 0.717) is 12.8 Å². The highest BCUT2D eigenvalue weighted by atomic mass is 31.2. The molecule has 4 unspecified atom stereocenters. The van der Waals surface area contributed by atoms with Crippen molar-refractivity contribution in [1.82, 2.24) is 0 Å². The third kappa shape index (κ3) is 27.2. The summed E-state index contributed by atoms with van der Waals surface area (Å²) in [7, 11) is -16.1. The molecule has 8 atom stereocenters. The first-order chi connectivity index (χ1) is 29.3. The SMILES string of the molecule is C#CC#CC#CC#CC#CC#CC#CC(=O)OC[C@@H](COP(=O)(O)OC1C(O)[C@H](OP(=O)(O)O)[C@@H](CP(=O)(O)O)C(O)[C@@H]1O)OC(=O)CCCCCCCCCCCCCCC. The number of unbranched alkanes of at least 4 members (excludes halogenated alkanes) is 12. The average molecular weight is 927 g/mol. The largest absolute Gasteiger partial charge is 0.472 e. The number of carbonyl (C=O) groups excluding carboxylic acids is 2. The summed E-state index contributed by atoms with van der Waals surface area (Å²) < 4.78 is 60.8. The molecule has 0 aromatic heterocycles. The van der Waals surface area contributed by atoms with Gasteiger partial charge in [0.25, 0.3) is 0 Å². The number of terminal acetylenes is 1. The van der Waals surface area contributed by atoms with Crippen LogP contribution >= 0.6 is 23.2 Å².